The van der Waals surface area contributed by atoms with Gasteiger partial charge in [-0.1, -0.05) is 0 Å². The Hall–Kier alpha value is 0.721. The van der Waals surface area contributed by atoms with Crippen molar-refractivity contribution in [3.8, 4) is 0 Å². The average Bonchev–Trinajstić information content (AvgIpc) is 2.24. The van der Waals surface area contributed by atoms with Gasteiger partial charge in [0, 0.05) is 13.1 Å². The molecule has 1 aliphatic rings. The number of nitrogens with zero attached hydrogens (tertiary/aromatic N) is 1. The Morgan fingerprint density at radius 3 is 2.20 bits per heavy atom. The first-order valence-electron chi connectivity index (χ1n) is 6.15. The molecule has 1 fully saturated rings. The van der Waals surface area contributed by atoms with Gasteiger partial charge in [-0.25, -0.2) is 4.79 Å². The number of rotatable bonds is 3. The minimum absolute atomic E-state index is 0. The Labute approximate surface area is 160 Å². The number of hydrogen-bond acceptors (Lipinski definition) is 3. The SMILES string of the molecule is CC(C)(C)OC(=O)N1CCC(OCB(F)F)CC1.[F-].[K+]. The van der Waals surface area contributed by atoms with Gasteiger partial charge in [-0.05, 0) is 33.6 Å². The fourth-order valence-corrected chi connectivity index (χ4v) is 1.74. The van der Waals surface area contributed by atoms with Crippen LogP contribution in [0.5, 0.6) is 0 Å². The van der Waals surface area contributed by atoms with Gasteiger partial charge in [0.2, 0.25) is 0 Å². The number of carbonyl (C=O) groups is 1. The molecule has 112 valence electrons. The fraction of sp³-hybridized carbons (Fsp3) is 0.909. The van der Waals surface area contributed by atoms with Crippen molar-refractivity contribution in [3.05, 3.63) is 0 Å². The van der Waals surface area contributed by atoms with Crippen LogP contribution in [-0.4, -0.2) is 49.6 Å². The van der Waals surface area contributed by atoms with E-state index < -0.39 is 19.4 Å². The Bertz CT molecular complexity index is 285. The van der Waals surface area contributed by atoms with Crippen LogP contribution in [0.4, 0.5) is 13.4 Å². The molecule has 0 aromatic rings. The van der Waals surface area contributed by atoms with Gasteiger partial charge in [-0.3, -0.25) is 8.63 Å². The molecule has 0 spiro atoms. The smallest absolute Gasteiger partial charge is 1.00 e. The molecular formula is C11H20BF3KNO3. The first-order valence-corrected chi connectivity index (χ1v) is 6.15. The number of halogens is 3. The van der Waals surface area contributed by atoms with Crippen LogP contribution in [0.25, 0.3) is 0 Å². The van der Waals surface area contributed by atoms with Crippen molar-refractivity contribution in [3.63, 3.8) is 0 Å². The third-order valence-electron chi connectivity index (χ3n) is 2.55. The van der Waals surface area contributed by atoms with Crippen LogP contribution in [0.15, 0.2) is 0 Å². The largest absolute Gasteiger partial charge is 1.00 e. The Morgan fingerprint density at radius 1 is 1.30 bits per heavy atom. The first kappa shape index (κ1) is 23.0. The summed E-state index contributed by atoms with van der Waals surface area (Å²) in [5, 5.41) is 0. The van der Waals surface area contributed by atoms with E-state index in [0.717, 1.165) is 0 Å². The van der Waals surface area contributed by atoms with Crippen molar-refractivity contribution in [1.82, 2.24) is 4.90 Å². The standard InChI is InChI=1S/C11H20BF2NO3.FH.K/c1-11(2,3)18-10(16)15-6-4-9(5-7-15)17-8-12(13)14;;/h9H,4-8H2,1-3H3;1H;/q;;+1/p-1. The summed E-state index contributed by atoms with van der Waals surface area (Å²) in [6.45, 7) is 5.87. The topological polar surface area (TPSA) is 38.8 Å². The summed E-state index contributed by atoms with van der Waals surface area (Å²) in [6.07, 6.45) is 0.616. The van der Waals surface area contributed by atoms with Gasteiger partial charge in [0.15, 0.2) is 0 Å². The molecule has 0 radical (unpaired) electrons. The van der Waals surface area contributed by atoms with Gasteiger partial charge in [0.1, 0.15) is 5.60 Å². The quantitative estimate of drug-likeness (QED) is 0.504. The third-order valence-corrected chi connectivity index (χ3v) is 2.55. The van der Waals surface area contributed by atoms with Crippen molar-refractivity contribution in [2.24, 2.45) is 0 Å². The van der Waals surface area contributed by atoms with Gasteiger partial charge < -0.3 is 19.1 Å². The van der Waals surface area contributed by atoms with E-state index in [1.807, 2.05) is 20.8 Å². The molecule has 0 saturated carbocycles. The van der Waals surface area contributed by atoms with Gasteiger partial charge in [-0.2, -0.15) is 0 Å². The number of likely N-dealkylation sites (tertiary alicyclic amines) is 1. The fourth-order valence-electron chi connectivity index (χ4n) is 1.74. The molecule has 1 rings (SSSR count). The van der Waals surface area contributed by atoms with Gasteiger partial charge in [0.25, 0.3) is 0 Å². The summed E-state index contributed by atoms with van der Waals surface area (Å²) in [7, 11) is -2.44. The summed E-state index contributed by atoms with van der Waals surface area (Å²) in [6, 6.07) is 0. The van der Waals surface area contributed by atoms with Gasteiger partial charge in [0.05, 0.1) is 12.6 Å². The second-order valence-electron chi connectivity index (χ2n) is 5.39. The Morgan fingerprint density at radius 2 is 1.80 bits per heavy atom. The number of hydrogen-bond donors (Lipinski definition) is 0. The zero-order chi connectivity index (χ0) is 13.8. The summed E-state index contributed by atoms with van der Waals surface area (Å²) in [5.74, 6) is 0. The number of ether oxygens (including phenoxy) is 2. The van der Waals surface area contributed by atoms with E-state index in [4.69, 9.17) is 9.47 Å². The van der Waals surface area contributed by atoms with Crippen LogP contribution in [-0.2, 0) is 9.47 Å². The van der Waals surface area contributed by atoms with Crippen LogP contribution in [0, 0.1) is 0 Å². The van der Waals surface area contributed by atoms with Crippen LogP contribution >= 0.6 is 0 Å². The first-order chi connectivity index (χ1) is 8.28. The van der Waals surface area contributed by atoms with Crippen molar-refractivity contribution in [2.45, 2.75) is 45.3 Å². The molecule has 0 aromatic carbocycles. The van der Waals surface area contributed by atoms with Crippen molar-refractivity contribution in [2.75, 3.05) is 19.6 Å². The second kappa shape index (κ2) is 10.4. The molecule has 0 aromatic heterocycles. The van der Waals surface area contributed by atoms with E-state index >= 15 is 0 Å². The molecule has 1 amide bonds. The molecule has 20 heavy (non-hydrogen) atoms. The monoisotopic (exact) mass is 321 g/mol. The molecule has 1 heterocycles. The van der Waals surface area contributed by atoms with Crippen LogP contribution < -0.4 is 56.1 Å². The zero-order valence-corrected chi connectivity index (χ0v) is 15.6. The average molecular weight is 321 g/mol. The van der Waals surface area contributed by atoms with E-state index in [9.17, 15) is 13.4 Å². The molecule has 1 saturated heterocycles. The Kier molecular flexibility index (Phi) is 12.0. The molecular weight excluding hydrogens is 301 g/mol. The zero-order valence-electron chi connectivity index (χ0n) is 12.5. The van der Waals surface area contributed by atoms with Crippen LogP contribution in [0.1, 0.15) is 33.6 Å². The number of amides is 1. The molecule has 0 atom stereocenters. The predicted molar refractivity (Wildman–Crippen MR) is 64.8 cm³/mol. The van der Waals surface area contributed by atoms with Crippen molar-refractivity contribution < 1.29 is 79.0 Å². The maximum atomic E-state index is 12.0. The maximum Gasteiger partial charge on any atom is 1.00 e. The van der Waals surface area contributed by atoms with Crippen LogP contribution in [0.2, 0.25) is 0 Å². The van der Waals surface area contributed by atoms with E-state index in [1.165, 1.54) is 0 Å². The van der Waals surface area contributed by atoms with E-state index in [2.05, 4.69) is 0 Å². The molecule has 4 nitrogen and oxygen atoms in total. The molecule has 1 aliphatic heterocycles. The molecule has 0 bridgehead atoms. The third kappa shape index (κ3) is 9.62. The second-order valence-corrected chi connectivity index (χ2v) is 5.39. The number of carbonyl (C=O) groups excluding carboxylic acids is 1. The van der Waals surface area contributed by atoms with E-state index in [0.29, 0.717) is 25.9 Å². The van der Waals surface area contributed by atoms with Crippen LogP contribution in [0.3, 0.4) is 0 Å². The molecule has 0 unspecified atom stereocenters. The minimum atomic E-state index is -2.44. The van der Waals surface area contributed by atoms with Gasteiger partial charge in [-0.15, -0.1) is 0 Å². The maximum absolute atomic E-state index is 12.0. The number of piperidine rings is 1. The Balaban J connectivity index is 0. The molecule has 9 heteroatoms. The predicted octanol–water partition coefficient (Wildman–Crippen LogP) is -3.62. The summed E-state index contributed by atoms with van der Waals surface area (Å²) < 4.78 is 34.2. The van der Waals surface area contributed by atoms with Crippen molar-refractivity contribution in [1.29, 1.82) is 0 Å². The van der Waals surface area contributed by atoms with E-state index in [1.54, 1.807) is 4.90 Å². The van der Waals surface area contributed by atoms with Gasteiger partial charge >= 0.3 is 64.7 Å². The normalized spacial score (nSPS) is 15.9. The van der Waals surface area contributed by atoms with E-state index in [-0.39, 0.29) is 68.3 Å². The summed E-state index contributed by atoms with van der Waals surface area (Å²) in [5.41, 5.74) is -0.514. The van der Waals surface area contributed by atoms with Crippen molar-refractivity contribution >= 4 is 13.4 Å². The molecule has 0 aliphatic carbocycles. The summed E-state index contributed by atoms with van der Waals surface area (Å²) >= 11 is 0. The summed E-state index contributed by atoms with van der Waals surface area (Å²) in [4.78, 5) is 13.3. The molecule has 0 N–H and O–H groups in total. The minimum Gasteiger partial charge on any atom is -1.00 e.